The number of hydrogen-bond acceptors (Lipinski definition) is 3. The lowest BCUT2D eigenvalue weighted by Crippen LogP contribution is -2.20. The van der Waals surface area contributed by atoms with Crippen molar-refractivity contribution in [1.82, 2.24) is 4.57 Å². The van der Waals surface area contributed by atoms with Crippen molar-refractivity contribution < 1.29 is 14.3 Å². The van der Waals surface area contributed by atoms with Gasteiger partial charge in [-0.3, -0.25) is 4.79 Å². The van der Waals surface area contributed by atoms with Crippen molar-refractivity contribution in [2.24, 2.45) is 0 Å². The monoisotopic (exact) mass is 326 g/mol. The molecule has 0 aliphatic carbocycles. The summed E-state index contributed by atoms with van der Waals surface area (Å²) in [4.78, 5) is 23.6. The topological polar surface area (TPSA) is 71.3 Å². The molecule has 24 heavy (non-hydrogen) atoms. The lowest BCUT2D eigenvalue weighted by Gasteiger charge is -2.13. The summed E-state index contributed by atoms with van der Waals surface area (Å²) < 4.78 is 15.7. The summed E-state index contributed by atoms with van der Waals surface area (Å²) in [5.41, 5.74) is 0.958. The summed E-state index contributed by atoms with van der Waals surface area (Å²) in [5.74, 6) is -2.09. The average molecular weight is 326 g/mol. The molecule has 3 aromatic rings. The van der Waals surface area contributed by atoms with E-state index in [2.05, 4.69) is 5.32 Å². The highest BCUT2D eigenvalue weighted by Crippen LogP contribution is 2.18. The van der Waals surface area contributed by atoms with Crippen LogP contribution >= 0.6 is 0 Å². The van der Waals surface area contributed by atoms with Gasteiger partial charge in [-0.1, -0.05) is 18.2 Å². The standard InChI is InChI=1S/C18H15FN2O3/c1-20-12-7-5-11(6-8-12)9-21-10-13(18(23)24)17(22)16-14(19)3-2-4-15(16)21/h2-8,10,20H,9H2,1H3,(H,23,24). The minimum Gasteiger partial charge on any atom is -0.477 e. The molecule has 0 saturated heterocycles. The second kappa shape index (κ2) is 6.16. The number of benzene rings is 2. The Morgan fingerprint density at radius 3 is 2.54 bits per heavy atom. The summed E-state index contributed by atoms with van der Waals surface area (Å²) in [5, 5.41) is 12.0. The average Bonchev–Trinajstić information content (AvgIpc) is 2.57. The van der Waals surface area contributed by atoms with E-state index in [-0.39, 0.29) is 5.39 Å². The Labute approximate surface area is 137 Å². The number of nitrogens with one attached hydrogen (secondary N) is 1. The molecule has 0 aliphatic heterocycles. The van der Waals surface area contributed by atoms with Crippen molar-refractivity contribution in [3.05, 3.63) is 75.8 Å². The van der Waals surface area contributed by atoms with Gasteiger partial charge in [0.25, 0.3) is 0 Å². The number of anilines is 1. The highest BCUT2D eigenvalue weighted by atomic mass is 19.1. The molecule has 0 bridgehead atoms. The lowest BCUT2D eigenvalue weighted by molar-refractivity contribution is 0.0695. The normalized spacial score (nSPS) is 10.8. The molecule has 0 radical (unpaired) electrons. The first-order valence-electron chi connectivity index (χ1n) is 7.33. The van der Waals surface area contributed by atoms with Gasteiger partial charge in [-0.2, -0.15) is 0 Å². The van der Waals surface area contributed by atoms with Gasteiger partial charge in [0, 0.05) is 25.5 Å². The lowest BCUT2D eigenvalue weighted by atomic mass is 10.1. The maximum absolute atomic E-state index is 14.1. The smallest absolute Gasteiger partial charge is 0.341 e. The zero-order chi connectivity index (χ0) is 17.3. The van der Waals surface area contributed by atoms with Gasteiger partial charge in [-0.25, -0.2) is 9.18 Å². The Kier molecular flexibility index (Phi) is 4.04. The molecule has 0 aliphatic rings. The molecule has 1 heterocycles. The Hall–Kier alpha value is -3.15. The quantitative estimate of drug-likeness (QED) is 0.773. The second-order valence-corrected chi connectivity index (χ2v) is 5.39. The number of aromatic carboxylic acids is 1. The molecule has 0 unspecified atom stereocenters. The number of aromatic nitrogens is 1. The van der Waals surface area contributed by atoms with E-state index in [0.29, 0.717) is 12.1 Å². The molecule has 0 amide bonds. The van der Waals surface area contributed by atoms with Crippen LogP contribution in [0.5, 0.6) is 0 Å². The van der Waals surface area contributed by atoms with E-state index >= 15 is 0 Å². The van der Waals surface area contributed by atoms with Crippen LogP contribution in [0, 0.1) is 5.82 Å². The van der Waals surface area contributed by atoms with Gasteiger partial charge >= 0.3 is 5.97 Å². The van der Waals surface area contributed by atoms with Crippen LogP contribution in [0.15, 0.2) is 53.5 Å². The van der Waals surface area contributed by atoms with E-state index in [0.717, 1.165) is 17.3 Å². The first-order valence-corrected chi connectivity index (χ1v) is 7.33. The molecule has 1 aromatic heterocycles. The van der Waals surface area contributed by atoms with E-state index in [9.17, 15) is 19.1 Å². The Morgan fingerprint density at radius 2 is 1.92 bits per heavy atom. The number of carboxylic acid groups (broad SMARTS) is 1. The maximum Gasteiger partial charge on any atom is 0.341 e. The van der Waals surface area contributed by atoms with E-state index < -0.39 is 22.8 Å². The minimum absolute atomic E-state index is 0.204. The fourth-order valence-electron chi connectivity index (χ4n) is 2.65. The number of halogens is 1. The number of rotatable bonds is 4. The van der Waals surface area contributed by atoms with Crippen molar-refractivity contribution in [2.45, 2.75) is 6.54 Å². The summed E-state index contributed by atoms with van der Waals surface area (Å²) in [7, 11) is 1.81. The molecule has 6 heteroatoms. The summed E-state index contributed by atoms with van der Waals surface area (Å²) in [6.07, 6.45) is 1.26. The van der Waals surface area contributed by atoms with Crippen LogP contribution in [-0.2, 0) is 6.54 Å². The zero-order valence-electron chi connectivity index (χ0n) is 12.9. The van der Waals surface area contributed by atoms with Crippen LogP contribution in [0.2, 0.25) is 0 Å². The van der Waals surface area contributed by atoms with E-state index in [1.807, 2.05) is 31.3 Å². The molecule has 0 saturated carbocycles. The number of hydrogen-bond donors (Lipinski definition) is 2. The first kappa shape index (κ1) is 15.7. The molecule has 122 valence electrons. The molecule has 0 spiro atoms. The summed E-state index contributed by atoms with van der Waals surface area (Å²) >= 11 is 0. The van der Waals surface area contributed by atoms with Crippen LogP contribution in [0.4, 0.5) is 10.1 Å². The van der Waals surface area contributed by atoms with Gasteiger partial charge in [-0.05, 0) is 29.8 Å². The van der Waals surface area contributed by atoms with E-state index in [1.54, 1.807) is 10.6 Å². The number of fused-ring (bicyclic) bond motifs is 1. The highest BCUT2D eigenvalue weighted by molar-refractivity contribution is 5.92. The van der Waals surface area contributed by atoms with E-state index in [1.165, 1.54) is 12.3 Å². The number of nitrogens with zero attached hydrogens (tertiary/aromatic N) is 1. The van der Waals surface area contributed by atoms with Gasteiger partial charge in [0.2, 0.25) is 5.43 Å². The Morgan fingerprint density at radius 1 is 1.21 bits per heavy atom. The van der Waals surface area contributed by atoms with Gasteiger partial charge in [0.05, 0.1) is 10.9 Å². The predicted octanol–water partition coefficient (Wildman–Crippen LogP) is 2.93. The van der Waals surface area contributed by atoms with Crippen molar-refractivity contribution in [3.8, 4) is 0 Å². The largest absolute Gasteiger partial charge is 0.477 e. The molecule has 2 aromatic carbocycles. The SMILES string of the molecule is CNc1ccc(Cn2cc(C(=O)O)c(=O)c3c(F)cccc32)cc1. The minimum atomic E-state index is -1.37. The third kappa shape index (κ3) is 2.74. The molecule has 3 rings (SSSR count). The highest BCUT2D eigenvalue weighted by Gasteiger charge is 2.17. The third-order valence-corrected chi connectivity index (χ3v) is 3.88. The summed E-state index contributed by atoms with van der Waals surface area (Å²) in [6.45, 7) is 0.324. The van der Waals surface area contributed by atoms with Gasteiger partial charge < -0.3 is 15.0 Å². The first-order chi connectivity index (χ1) is 11.5. The molecule has 2 N–H and O–H groups in total. The van der Waals surface area contributed by atoms with Crippen LogP contribution in [0.25, 0.3) is 10.9 Å². The van der Waals surface area contributed by atoms with Gasteiger partial charge in [0.1, 0.15) is 11.4 Å². The van der Waals surface area contributed by atoms with Crippen LogP contribution < -0.4 is 10.7 Å². The van der Waals surface area contributed by atoms with Gasteiger partial charge in [-0.15, -0.1) is 0 Å². The summed E-state index contributed by atoms with van der Waals surface area (Å²) in [6, 6.07) is 11.8. The Bertz CT molecular complexity index is 978. The predicted molar refractivity (Wildman–Crippen MR) is 90.2 cm³/mol. The van der Waals surface area contributed by atoms with E-state index in [4.69, 9.17) is 0 Å². The van der Waals surface area contributed by atoms with Crippen molar-refractivity contribution in [3.63, 3.8) is 0 Å². The van der Waals surface area contributed by atoms with Gasteiger partial charge in [0.15, 0.2) is 0 Å². The van der Waals surface area contributed by atoms with Crippen LogP contribution in [-0.4, -0.2) is 22.7 Å². The van der Waals surface area contributed by atoms with Crippen LogP contribution in [0.3, 0.4) is 0 Å². The van der Waals surface area contributed by atoms with Crippen molar-refractivity contribution in [1.29, 1.82) is 0 Å². The number of carboxylic acids is 1. The molecule has 5 nitrogen and oxygen atoms in total. The fourth-order valence-corrected chi connectivity index (χ4v) is 2.65. The molecular formula is C18H15FN2O3. The molecular weight excluding hydrogens is 311 g/mol. The maximum atomic E-state index is 14.1. The number of carbonyl (C=O) groups is 1. The fraction of sp³-hybridized carbons (Fsp3) is 0.111. The van der Waals surface area contributed by atoms with Crippen molar-refractivity contribution in [2.75, 3.05) is 12.4 Å². The zero-order valence-corrected chi connectivity index (χ0v) is 12.9. The molecule has 0 atom stereocenters. The Balaban J connectivity index is 2.19. The van der Waals surface area contributed by atoms with Crippen molar-refractivity contribution >= 4 is 22.6 Å². The second-order valence-electron chi connectivity index (χ2n) is 5.39. The van der Waals surface area contributed by atoms with Crippen LogP contribution in [0.1, 0.15) is 15.9 Å². The number of pyridine rings is 1. The third-order valence-electron chi connectivity index (χ3n) is 3.88. The molecule has 0 fully saturated rings.